The van der Waals surface area contributed by atoms with Crippen LogP contribution < -0.4 is 5.32 Å². The fourth-order valence-corrected chi connectivity index (χ4v) is 2.49. The van der Waals surface area contributed by atoms with Gasteiger partial charge in [0.15, 0.2) is 0 Å². The quantitative estimate of drug-likeness (QED) is 0.687. The molecular weight excluding hydrogens is 150 g/mol. The molecule has 0 aromatic heterocycles. The van der Waals surface area contributed by atoms with Crippen LogP contribution in [-0.2, 0) is 4.74 Å². The molecule has 1 saturated heterocycles. The Morgan fingerprint density at radius 1 is 1.33 bits per heavy atom. The molecule has 2 nitrogen and oxygen atoms in total. The standard InChI is InChI=1S/C10H19NO/c1-11-7-9-6-10(9)8-2-4-12-5-3-8/h8-11H,2-7H2,1H3. The summed E-state index contributed by atoms with van der Waals surface area (Å²) < 4.78 is 5.36. The molecule has 1 aliphatic heterocycles. The van der Waals surface area contributed by atoms with Gasteiger partial charge in [0.05, 0.1) is 0 Å². The van der Waals surface area contributed by atoms with Gasteiger partial charge in [-0.25, -0.2) is 0 Å². The normalized spacial score (nSPS) is 36.8. The molecule has 2 unspecified atom stereocenters. The predicted molar refractivity (Wildman–Crippen MR) is 49.1 cm³/mol. The topological polar surface area (TPSA) is 21.3 Å². The maximum atomic E-state index is 5.36. The highest BCUT2D eigenvalue weighted by atomic mass is 16.5. The summed E-state index contributed by atoms with van der Waals surface area (Å²) in [6.45, 7) is 3.24. The van der Waals surface area contributed by atoms with Gasteiger partial charge >= 0.3 is 0 Å². The summed E-state index contributed by atoms with van der Waals surface area (Å²) in [5, 5.41) is 3.27. The molecule has 2 rings (SSSR count). The third-order valence-electron chi connectivity index (χ3n) is 3.32. The van der Waals surface area contributed by atoms with Crippen molar-refractivity contribution in [1.29, 1.82) is 0 Å². The summed E-state index contributed by atoms with van der Waals surface area (Å²) in [6.07, 6.45) is 4.08. The predicted octanol–water partition coefficient (Wildman–Crippen LogP) is 1.27. The molecule has 0 radical (unpaired) electrons. The van der Waals surface area contributed by atoms with E-state index in [-0.39, 0.29) is 0 Å². The lowest BCUT2D eigenvalue weighted by Gasteiger charge is -2.22. The summed E-state index contributed by atoms with van der Waals surface area (Å²) in [4.78, 5) is 0. The molecule has 0 aromatic carbocycles. The highest BCUT2D eigenvalue weighted by Crippen LogP contribution is 2.47. The maximum absolute atomic E-state index is 5.36. The summed E-state index contributed by atoms with van der Waals surface area (Å²) in [6, 6.07) is 0. The minimum atomic E-state index is 0.983. The number of ether oxygens (including phenoxy) is 1. The highest BCUT2D eigenvalue weighted by molar-refractivity contribution is 4.92. The number of hydrogen-bond donors (Lipinski definition) is 1. The van der Waals surface area contributed by atoms with Gasteiger partial charge in [-0.2, -0.15) is 0 Å². The van der Waals surface area contributed by atoms with Crippen molar-refractivity contribution in [3.63, 3.8) is 0 Å². The Morgan fingerprint density at radius 3 is 2.75 bits per heavy atom. The zero-order chi connectivity index (χ0) is 8.39. The van der Waals surface area contributed by atoms with Crippen LogP contribution in [-0.4, -0.2) is 26.8 Å². The van der Waals surface area contributed by atoms with Crippen LogP contribution in [0.1, 0.15) is 19.3 Å². The zero-order valence-corrected chi connectivity index (χ0v) is 7.88. The van der Waals surface area contributed by atoms with Crippen LogP contribution in [0.3, 0.4) is 0 Å². The van der Waals surface area contributed by atoms with Gasteiger partial charge in [0.1, 0.15) is 0 Å². The Hall–Kier alpha value is -0.0800. The minimum absolute atomic E-state index is 0.983. The van der Waals surface area contributed by atoms with Gasteiger partial charge < -0.3 is 10.1 Å². The van der Waals surface area contributed by atoms with Crippen LogP contribution in [0.2, 0.25) is 0 Å². The van der Waals surface area contributed by atoms with Crippen molar-refractivity contribution in [3.05, 3.63) is 0 Å². The average Bonchev–Trinajstić information content (AvgIpc) is 2.87. The molecule has 2 atom stereocenters. The van der Waals surface area contributed by atoms with Crippen molar-refractivity contribution < 1.29 is 4.74 Å². The molecule has 0 spiro atoms. The van der Waals surface area contributed by atoms with Crippen molar-refractivity contribution in [3.8, 4) is 0 Å². The van der Waals surface area contributed by atoms with Gasteiger partial charge in [-0.15, -0.1) is 0 Å². The van der Waals surface area contributed by atoms with Crippen LogP contribution in [0.15, 0.2) is 0 Å². The van der Waals surface area contributed by atoms with Gasteiger partial charge in [0.25, 0.3) is 0 Å². The Kier molecular flexibility index (Phi) is 2.66. The third kappa shape index (κ3) is 1.80. The first-order valence-corrected chi connectivity index (χ1v) is 5.14. The summed E-state index contributed by atoms with van der Waals surface area (Å²) >= 11 is 0. The Balaban J connectivity index is 1.72. The molecule has 1 aliphatic carbocycles. The van der Waals surface area contributed by atoms with Gasteiger partial charge in [-0.1, -0.05) is 0 Å². The van der Waals surface area contributed by atoms with Crippen molar-refractivity contribution in [2.45, 2.75) is 19.3 Å². The van der Waals surface area contributed by atoms with Crippen molar-refractivity contribution in [1.82, 2.24) is 5.32 Å². The molecule has 2 heteroatoms. The molecule has 2 aliphatic rings. The van der Waals surface area contributed by atoms with Gasteiger partial charge in [0, 0.05) is 13.2 Å². The number of hydrogen-bond acceptors (Lipinski definition) is 2. The monoisotopic (exact) mass is 169 g/mol. The summed E-state index contributed by atoms with van der Waals surface area (Å²) in [5.41, 5.74) is 0. The van der Waals surface area contributed by atoms with Crippen LogP contribution in [0.5, 0.6) is 0 Å². The van der Waals surface area contributed by atoms with Crippen LogP contribution >= 0.6 is 0 Å². The summed E-state index contributed by atoms with van der Waals surface area (Å²) in [7, 11) is 2.05. The van der Waals surface area contributed by atoms with Crippen molar-refractivity contribution in [2.24, 2.45) is 17.8 Å². The first kappa shape index (κ1) is 8.52. The van der Waals surface area contributed by atoms with Crippen molar-refractivity contribution >= 4 is 0 Å². The van der Waals surface area contributed by atoms with E-state index in [0.29, 0.717) is 0 Å². The Bertz CT molecular complexity index is 143. The molecule has 1 saturated carbocycles. The van der Waals surface area contributed by atoms with Crippen molar-refractivity contribution in [2.75, 3.05) is 26.8 Å². The molecule has 1 N–H and O–H groups in total. The summed E-state index contributed by atoms with van der Waals surface area (Å²) in [5.74, 6) is 3.00. The molecule has 2 fully saturated rings. The number of rotatable bonds is 3. The lowest BCUT2D eigenvalue weighted by molar-refractivity contribution is 0.0582. The molecule has 0 aromatic rings. The molecular formula is C10H19NO. The van der Waals surface area contributed by atoms with E-state index in [0.717, 1.165) is 31.0 Å². The molecule has 70 valence electrons. The smallest absolute Gasteiger partial charge is 0.0468 e. The lowest BCUT2D eigenvalue weighted by atomic mass is 9.94. The van der Waals surface area contributed by atoms with E-state index in [1.165, 1.54) is 25.8 Å². The fraction of sp³-hybridized carbons (Fsp3) is 1.00. The first-order valence-electron chi connectivity index (χ1n) is 5.14. The minimum Gasteiger partial charge on any atom is -0.381 e. The molecule has 0 bridgehead atoms. The fourth-order valence-electron chi connectivity index (χ4n) is 2.49. The third-order valence-corrected chi connectivity index (χ3v) is 3.32. The van der Waals surface area contributed by atoms with Crippen LogP contribution in [0.25, 0.3) is 0 Å². The molecule has 12 heavy (non-hydrogen) atoms. The lowest BCUT2D eigenvalue weighted by Crippen LogP contribution is -2.19. The van der Waals surface area contributed by atoms with E-state index in [4.69, 9.17) is 4.74 Å². The van der Waals surface area contributed by atoms with E-state index in [9.17, 15) is 0 Å². The van der Waals surface area contributed by atoms with E-state index in [2.05, 4.69) is 12.4 Å². The van der Waals surface area contributed by atoms with E-state index in [1.807, 2.05) is 0 Å². The first-order chi connectivity index (χ1) is 5.92. The number of nitrogens with one attached hydrogen (secondary N) is 1. The van der Waals surface area contributed by atoms with E-state index >= 15 is 0 Å². The van der Waals surface area contributed by atoms with Crippen LogP contribution in [0, 0.1) is 17.8 Å². The van der Waals surface area contributed by atoms with Gasteiger partial charge in [-0.05, 0) is 50.6 Å². The Morgan fingerprint density at radius 2 is 2.08 bits per heavy atom. The molecule has 1 heterocycles. The van der Waals surface area contributed by atoms with E-state index < -0.39 is 0 Å². The zero-order valence-electron chi connectivity index (χ0n) is 7.88. The Labute approximate surface area is 74.7 Å². The average molecular weight is 169 g/mol. The second-order valence-corrected chi connectivity index (χ2v) is 4.17. The SMILES string of the molecule is CNCC1CC1C1CCOCC1. The van der Waals surface area contributed by atoms with Gasteiger partial charge in [0.2, 0.25) is 0 Å². The van der Waals surface area contributed by atoms with E-state index in [1.54, 1.807) is 0 Å². The van der Waals surface area contributed by atoms with Gasteiger partial charge in [-0.3, -0.25) is 0 Å². The largest absolute Gasteiger partial charge is 0.381 e. The molecule has 0 amide bonds. The maximum Gasteiger partial charge on any atom is 0.0468 e. The highest BCUT2D eigenvalue weighted by Gasteiger charge is 2.42. The van der Waals surface area contributed by atoms with Crippen LogP contribution in [0.4, 0.5) is 0 Å². The second-order valence-electron chi connectivity index (χ2n) is 4.17. The second kappa shape index (κ2) is 3.75.